The Kier molecular flexibility index (Phi) is 4.50. The molecule has 2 aliphatic heterocycles. The number of halogens is 1. The fraction of sp³-hybridized carbons (Fsp3) is 0.500. The maximum Gasteiger partial charge on any atom is 0.127 e. The van der Waals surface area contributed by atoms with Crippen LogP contribution in [0.15, 0.2) is 23.8 Å². The summed E-state index contributed by atoms with van der Waals surface area (Å²) in [5, 5.41) is 14.4. The Bertz CT molecular complexity index is 538. The summed E-state index contributed by atoms with van der Waals surface area (Å²) in [6.07, 6.45) is 3.48. The minimum absolute atomic E-state index is 0.573. The lowest BCUT2D eigenvalue weighted by Gasteiger charge is -2.32. The van der Waals surface area contributed by atoms with Crippen molar-refractivity contribution in [2.75, 3.05) is 32.9 Å². The third-order valence-corrected chi connectivity index (χ3v) is 4.21. The number of nitrogens with one attached hydrogen (secondary N) is 1. The van der Waals surface area contributed by atoms with Crippen LogP contribution in [0.3, 0.4) is 0 Å². The predicted molar refractivity (Wildman–Crippen MR) is 82.8 cm³/mol. The SMILES string of the molecule is OC1(CNCC2=Cc3cc(Cl)ccc3OC2)CCOCC1. The lowest BCUT2D eigenvalue weighted by Crippen LogP contribution is -2.45. The highest BCUT2D eigenvalue weighted by Gasteiger charge is 2.29. The third kappa shape index (κ3) is 3.77. The highest BCUT2D eigenvalue weighted by Crippen LogP contribution is 2.28. The second-order valence-corrected chi connectivity index (χ2v) is 6.15. The van der Waals surface area contributed by atoms with Crippen LogP contribution in [0.2, 0.25) is 5.02 Å². The van der Waals surface area contributed by atoms with E-state index in [0.717, 1.165) is 16.9 Å². The van der Waals surface area contributed by atoms with Gasteiger partial charge in [-0.25, -0.2) is 0 Å². The van der Waals surface area contributed by atoms with Crippen molar-refractivity contribution in [1.29, 1.82) is 0 Å². The molecule has 1 aromatic carbocycles. The van der Waals surface area contributed by atoms with Crippen LogP contribution in [0.1, 0.15) is 18.4 Å². The van der Waals surface area contributed by atoms with E-state index in [1.807, 2.05) is 18.2 Å². The first-order valence-electron chi connectivity index (χ1n) is 7.27. The van der Waals surface area contributed by atoms with Crippen LogP contribution in [0.5, 0.6) is 5.75 Å². The monoisotopic (exact) mass is 309 g/mol. The summed E-state index contributed by atoms with van der Waals surface area (Å²) in [7, 11) is 0. The standard InChI is InChI=1S/C16H20ClNO3/c17-14-1-2-15-13(8-14)7-12(10-21-15)9-18-11-16(19)3-5-20-6-4-16/h1-2,7-8,18-19H,3-6,9-11H2. The highest BCUT2D eigenvalue weighted by atomic mass is 35.5. The van der Waals surface area contributed by atoms with Crippen molar-refractivity contribution >= 4 is 17.7 Å². The van der Waals surface area contributed by atoms with Crippen LogP contribution in [-0.4, -0.2) is 43.6 Å². The summed E-state index contributed by atoms with van der Waals surface area (Å²) < 4.78 is 11.0. The van der Waals surface area contributed by atoms with Gasteiger partial charge in [-0.1, -0.05) is 11.6 Å². The Morgan fingerprint density at radius 1 is 1.29 bits per heavy atom. The molecule has 0 aromatic heterocycles. The van der Waals surface area contributed by atoms with E-state index in [4.69, 9.17) is 21.1 Å². The van der Waals surface area contributed by atoms with E-state index >= 15 is 0 Å². The number of fused-ring (bicyclic) bond motifs is 1. The fourth-order valence-electron chi connectivity index (χ4n) is 2.68. The molecule has 2 N–H and O–H groups in total. The van der Waals surface area contributed by atoms with E-state index in [2.05, 4.69) is 11.4 Å². The quantitative estimate of drug-likeness (QED) is 0.895. The lowest BCUT2D eigenvalue weighted by atomic mass is 9.94. The number of hydrogen-bond acceptors (Lipinski definition) is 4. The number of hydrogen-bond donors (Lipinski definition) is 2. The van der Waals surface area contributed by atoms with Crippen molar-refractivity contribution in [1.82, 2.24) is 5.32 Å². The summed E-state index contributed by atoms with van der Waals surface area (Å²) >= 11 is 6.00. The third-order valence-electron chi connectivity index (χ3n) is 3.97. The van der Waals surface area contributed by atoms with Crippen molar-refractivity contribution in [2.45, 2.75) is 18.4 Å². The lowest BCUT2D eigenvalue weighted by molar-refractivity contribution is -0.0611. The van der Waals surface area contributed by atoms with Crippen LogP contribution >= 0.6 is 11.6 Å². The van der Waals surface area contributed by atoms with Gasteiger partial charge in [0, 0.05) is 49.7 Å². The van der Waals surface area contributed by atoms with Crippen LogP contribution in [0.25, 0.3) is 6.08 Å². The molecule has 5 heteroatoms. The molecule has 0 aliphatic carbocycles. The topological polar surface area (TPSA) is 50.7 Å². The molecule has 0 bridgehead atoms. The van der Waals surface area contributed by atoms with E-state index in [1.54, 1.807) is 0 Å². The van der Waals surface area contributed by atoms with Crippen molar-refractivity contribution in [3.63, 3.8) is 0 Å². The Balaban J connectivity index is 1.56. The van der Waals surface area contributed by atoms with Crippen LogP contribution in [0, 0.1) is 0 Å². The predicted octanol–water partition coefficient (Wildman–Crippen LogP) is 2.25. The molecule has 114 valence electrons. The van der Waals surface area contributed by atoms with Crippen LogP contribution < -0.4 is 10.1 Å². The maximum absolute atomic E-state index is 10.4. The Labute approximate surface area is 129 Å². The average molecular weight is 310 g/mol. The number of ether oxygens (including phenoxy) is 2. The van der Waals surface area contributed by atoms with E-state index in [9.17, 15) is 5.11 Å². The summed E-state index contributed by atoms with van der Waals surface area (Å²) in [5.41, 5.74) is 1.52. The van der Waals surface area contributed by atoms with Crippen molar-refractivity contribution < 1.29 is 14.6 Å². The van der Waals surface area contributed by atoms with Gasteiger partial charge in [-0.2, -0.15) is 0 Å². The van der Waals surface area contributed by atoms with Gasteiger partial charge in [0.15, 0.2) is 0 Å². The zero-order valence-corrected chi connectivity index (χ0v) is 12.7. The maximum atomic E-state index is 10.4. The smallest absolute Gasteiger partial charge is 0.127 e. The van der Waals surface area contributed by atoms with Crippen LogP contribution in [0.4, 0.5) is 0 Å². The first-order valence-corrected chi connectivity index (χ1v) is 7.65. The van der Waals surface area contributed by atoms with E-state index in [-0.39, 0.29) is 0 Å². The normalized spacial score (nSPS) is 20.4. The van der Waals surface area contributed by atoms with E-state index in [1.165, 1.54) is 0 Å². The van der Waals surface area contributed by atoms with Gasteiger partial charge >= 0.3 is 0 Å². The molecule has 2 heterocycles. The summed E-state index contributed by atoms with van der Waals surface area (Å²) in [5.74, 6) is 0.867. The fourth-order valence-corrected chi connectivity index (χ4v) is 2.86. The summed E-state index contributed by atoms with van der Waals surface area (Å²) in [6, 6.07) is 5.63. The van der Waals surface area contributed by atoms with Gasteiger partial charge in [-0.05, 0) is 29.8 Å². The molecule has 0 unspecified atom stereocenters. The molecule has 0 atom stereocenters. The largest absolute Gasteiger partial charge is 0.489 e. The van der Waals surface area contributed by atoms with E-state index in [0.29, 0.717) is 50.8 Å². The van der Waals surface area contributed by atoms with Crippen molar-refractivity contribution in [3.8, 4) is 5.75 Å². The number of rotatable bonds is 4. The van der Waals surface area contributed by atoms with Gasteiger partial charge in [0.1, 0.15) is 12.4 Å². The zero-order chi connectivity index (χ0) is 14.7. The average Bonchev–Trinajstić information content (AvgIpc) is 2.47. The molecule has 0 saturated carbocycles. The van der Waals surface area contributed by atoms with Gasteiger partial charge in [-0.15, -0.1) is 0 Å². The highest BCUT2D eigenvalue weighted by molar-refractivity contribution is 6.30. The molecule has 2 aliphatic rings. The molecular formula is C16H20ClNO3. The Morgan fingerprint density at radius 2 is 2.10 bits per heavy atom. The van der Waals surface area contributed by atoms with Gasteiger partial charge in [0.05, 0.1) is 5.60 Å². The first kappa shape index (κ1) is 14.9. The molecule has 0 radical (unpaired) electrons. The molecular weight excluding hydrogens is 290 g/mol. The Morgan fingerprint density at radius 3 is 2.90 bits per heavy atom. The second kappa shape index (κ2) is 6.36. The summed E-state index contributed by atoms with van der Waals surface area (Å²) in [6.45, 7) is 3.13. The van der Waals surface area contributed by atoms with Crippen molar-refractivity contribution in [2.24, 2.45) is 0 Å². The molecule has 1 saturated heterocycles. The number of benzene rings is 1. The summed E-state index contributed by atoms with van der Waals surface area (Å²) in [4.78, 5) is 0. The van der Waals surface area contributed by atoms with Gasteiger partial charge < -0.3 is 19.9 Å². The molecule has 1 aromatic rings. The first-order chi connectivity index (χ1) is 10.1. The molecule has 0 spiro atoms. The van der Waals surface area contributed by atoms with Gasteiger partial charge in [-0.3, -0.25) is 0 Å². The Hall–Kier alpha value is -1.07. The zero-order valence-electron chi connectivity index (χ0n) is 11.9. The molecule has 21 heavy (non-hydrogen) atoms. The van der Waals surface area contributed by atoms with E-state index < -0.39 is 5.60 Å². The molecule has 0 amide bonds. The van der Waals surface area contributed by atoms with Crippen molar-refractivity contribution in [3.05, 3.63) is 34.4 Å². The minimum atomic E-state index is -0.643. The number of aliphatic hydroxyl groups is 1. The molecule has 4 nitrogen and oxygen atoms in total. The second-order valence-electron chi connectivity index (χ2n) is 5.71. The minimum Gasteiger partial charge on any atom is -0.489 e. The van der Waals surface area contributed by atoms with Gasteiger partial charge in [0.2, 0.25) is 0 Å². The van der Waals surface area contributed by atoms with Gasteiger partial charge in [0.25, 0.3) is 0 Å². The molecule has 1 fully saturated rings. The molecule has 3 rings (SSSR count). The van der Waals surface area contributed by atoms with Crippen LogP contribution in [-0.2, 0) is 4.74 Å².